The van der Waals surface area contributed by atoms with E-state index in [-0.39, 0.29) is 4.90 Å². The van der Waals surface area contributed by atoms with Gasteiger partial charge < -0.3 is 19.3 Å². The highest BCUT2D eigenvalue weighted by Crippen LogP contribution is 2.28. The third-order valence-electron chi connectivity index (χ3n) is 6.63. The van der Waals surface area contributed by atoms with Gasteiger partial charge in [-0.3, -0.25) is 0 Å². The standard InChI is InChI=1S/C26H33N5O4S/c1-2-3-18-35-21-8-10-22(11-9-21)36(32,33)31-14-12-30(13-15-31)26-27-24-7-5-4-6-23(24)25(28-26)29-16-19-34-20-17-29/h4-11H,2-3,12-20H2,1H3. The Morgan fingerprint density at radius 1 is 0.889 bits per heavy atom. The van der Waals surface area contributed by atoms with Crippen LogP contribution in [0.3, 0.4) is 0 Å². The van der Waals surface area contributed by atoms with Crippen LogP contribution in [0.25, 0.3) is 10.9 Å². The van der Waals surface area contributed by atoms with Gasteiger partial charge >= 0.3 is 0 Å². The molecule has 2 aliphatic heterocycles. The zero-order chi connectivity index (χ0) is 25.0. The van der Waals surface area contributed by atoms with Crippen LogP contribution in [0.1, 0.15) is 19.8 Å². The topological polar surface area (TPSA) is 88.1 Å². The van der Waals surface area contributed by atoms with Gasteiger partial charge in [0.1, 0.15) is 11.6 Å². The summed E-state index contributed by atoms with van der Waals surface area (Å²) in [6.07, 6.45) is 2.02. The van der Waals surface area contributed by atoms with Gasteiger partial charge in [-0.15, -0.1) is 0 Å². The van der Waals surface area contributed by atoms with E-state index < -0.39 is 10.0 Å². The number of fused-ring (bicyclic) bond motifs is 1. The second-order valence-corrected chi connectivity index (χ2v) is 11.0. The Morgan fingerprint density at radius 3 is 2.33 bits per heavy atom. The van der Waals surface area contributed by atoms with Gasteiger partial charge in [0.05, 0.1) is 30.2 Å². The summed E-state index contributed by atoms with van der Waals surface area (Å²) in [4.78, 5) is 14.4. The number of hydrogen-bond acceptors (Lipinski definition) is 8. The van der Waals surface area contributed by atoms with Crippen LogP contribution in [-0.2, 0) is 14.8 Å². The average Bonchev–Trinajstić information content (AvgIpc) is 2.93. The maximum Gasteiger partial charge on any atom is 0.243 e. The lowest BCUT2D eigenvalue weighted by Crippen LogP contribution is -2.49. The number of aromatic nitrogens is 2. The van der Waals surface area contributed by atoms with E-state index >= 15 is 0 Å². The van der Waals surface area contributed by atoms with Crippen LogP contribution in [0.2, 0.25) is 0 Å². The summed E-state index contributed by atoms with van der Waals surface area (Å²) in [5, 5.41) is 1.02. The molecule has 10 heteroatoms. The predicted molar refractivity (Wildman–Crippen MR) is 140 cm³/mol. The minimum atomic E-state index is -3.58. The number of rotatable bonds is 8. The first-order valence-electron chi connectivity index (χ1n) is 12.6. The van der Waals surface area contributed by atoms with Gasteiger partial charge in [0, 0.05) is 44.7 Å². The molecule has 9 nitrogen and oxygen atoms in total. The lowest BCUT2D eigenvalue weighted by molar-refractivity contribution is 0.122. The summed E-state index contributed by atoms with van der Waals surface area (Å²) >= 11 is 0. The van der Waals surface area contributed by atoms with Crippen molar-refractivity contribution in [2.75, 3.05) is 68.9 Å². The van der Waals surface area contributed by atoms with Gasteiger partial charge in [-0.1, -0.05) is 25.5 Å². The number of para-hydroxylation sites is 1. The highest BCUT2D eigenvalue weighted by atomic mass is 32.2. The number of ether oxygens (including phenoxy) is 2. The number of nitrogens with zero attached hydrogens (tertiary/aromatic N) is 5. The molecule has 0 bridgehead atoms. The van der Waals surface area contributed by atoms with Crippen LogP contribution in [0.4, 0.5) is 11.8 Å². The van der Waals surface area contributed by atoms with Crippen molar-refractivity contribution in [1.82, 2.24) is 14.3 Å². The smallest absolute Gasteiger partial charge is 0.243 e. The largest absolute Gasteiger partial charge is 0.494 e. The van der Waals surface area contributed by atoms with Gasteiger partial charge in [0.15, 0.2) is 0 Å². The molecule has 36 heavy (non-hydrogen) atoms. The molecule has 0 atom stereocenters. The summed E-state index contributed by atoms with van der Waals surface area (Å²) in [6, 6.07) is 14.8. The number of hydrogen-bond donors (Lipinski definition) is 0. The fraction of sp³-hybridized carbons (Fsp3) is 0.462. The third-order valence-corrected chi connectivity index (χ3v) is 8.54. The van der Waals surface area contributed by atoms with E-state index in [0.717, 1.165) is 42.7 Å². The first-order valence-corrected chi connectivity index (χ1v) is 14.1. The molecule has 0 N–H and O–H groups in total. The van der Waals surface area contributed by atoms with E-state index in [1.807, 2.05) is 18.2 Å². The lowest BCUT2D eigenvalue weighted by atomic mass is 10.2. The quantitative estimate of drug-likeness (QED) is 0.426. The van der Waals surface area contributed by atoms with E-state index in [1.165, 1.54) is 0 Å². The van der Waals surface area contributed by atoms with E-state index in [9.17, 15) is 8.42 Å². The zero-order valence-corrected chi connectivity index (χ0v) is 21.5. The fourth-order valence-electron chi connectivity index (χ4n) is 4.53. The summed E-state index contributed by atoms with van der Waals surface area (Å²) in [7, 11) is -3.58. The van der Waals surface area contributed by atoms with Crippen molar-refractivity contribution < 1.29 is 17.9 Å². The molecule has 1 aromatic heterocycles. The molecule has 2 aromatic carbocycles. The summed E-state index contributed by atoms with van der Waals surface area (Å²) in [6.45, 7) is 7.47. The number of anilines is 2. The van der Waals surface area contributed by atoms with Crippen LogP contribution in [-0.4, -0.2) is 81.8 Å². The molecule has 0 aliphatic carbocycles. The van der Waals surface area contributed by atoms with Crippen LogP contribution in [0.5, 0.6) is 5.75 Å². The minimum Gasteiger partial charge on any atom is -0.494 e. The molecule has 0 radical (unpaired) electrons. The van der Waals surface area contributed by atoms with Crippen LogP contribution in [0.15, 0.2) is 53.4 Å². The van der Waals surface area contributed by atoms with Gasteiger partial charge in [-0.05, 0) is 42.8 Å². The zero-order valence-electron chi connectivity index (χ0n) is 20.7. The molecule has 0 unspecified atom stereocenters. The van der Waals surface area contributed by atoms with Crippen molar-refractivity contribution in [3.8, 4) is 5.75 Å². The number of morpholine rings is 1. The summed E-state index contributed by atoms with van der Waals surface area (Å²) < 4.78 is 39.2. The Hall–Kier alpha value is -2.95. The SMILES string of the molecule is CCCCOc1ccc(S(=O)(=O)N2CCN(c3nc(N4CCOCC4)c4ccccc4n3)CC2)cc1. The van der Waals surface area contributed by atoms with Crippen molar-refractivity contribution in [2.24, 2.45) is 0 Å². The molecule has 0 saturated carbocycles. The molecule has 2 saturated heterocycles. The summed E-state index contributed by atoms with van der Waals surface area (Å²) in [5.41, 5.74) is 0.889. The Bertz CT molecular complexity index is 1270. The second-order valence-electron chi connectivity index (χ2n) is 9.03. The average molecular weight is 512 g/mol. The maximum absolute atomic E-state index is 13.3. The summed E-state index contributed by atoms with van der Waals surface area (Å²) in [5.74, 6) is 2.24. The number of piperazine rings is 1. The molecule has 192 valence electrons. The molecule has 5 rings (SSSR count). The van der Waals surface area contributed by atoms with E-state index in [4.69, 9.17) is 19.4 Å². The first kappa shape index (κ1) is 24.7. The number of sulfonamides is 1. The highest BCUT2D eigenvalue weighted by Gasteiger charge is 2.30. The lowest BCUT2D eigenvalue weighted by Gasteiger charge is -2.35. The van der Waals surface area contributed by atoms with Crippen LogP contribution >= 0.6 is 0 Å². The monoisotopic (exact) mass is 511 g/mol. The van der Waals surface area contributed by atoms with E-state index in [0.29, 0.717) is 57.7 Å². The molecule has 2 aliphatic rings. The van der Waals surface area contributed by atoms with Crippen molar-refractivity contribution in [1.29, 1.82) is 0 Å². The molecular weight excluding hydrogens is 478 g/mol. The minimum absolute atomic E-state index is 0.287. The Labute approximate surface area is 212 Å². The van der Waals surface area contributed by atoms with Gasteiger partial charge in [-0.2, -0.15) is 9.29 Å². The third kappa shape index (κ3) is 5.25. The molecule has 2 fully saturated rings. The number of unbranched alkanes of at least 4 members (excludes halogenated alkanes) is 1. The Kier molecular flexibility index (Phi) is 7.54. The Morgan fingerprint density at radius 2 is 1.61 bits per heavy atom. The first-order chi connectivity index (χ1) is 17.6. The fourth-order valence-corrected chi connectivity index (χ4v) is 5.95. The maximum atomic E-state index is 13.3. The van der Waals surface area contributed by atoms with Crippen molar-refractivity contribution in [3.05, 3.63) is 48.5 Å². The van der Waals surface area contributed by atoms with E-state index in [1.54, 1.807) is 28.6 Å². The van der Waals surface area contributed by atoms with E-state index in [2.05, 4.69) is 22.8 Å². The van der Waals surface area contributed by atoms with Crippen molar-refractivity contribution in [3.63, 3.8) is 0 Å². The van der Waals surface area contributed by atoms with Crippen molar-refractivity contribution >= 4 is 32.7 Å². The molecule has 0 spiro atoms. The van der Waals surface area contributed by atoms with Gasteiger partial charge in [0.25, 0.3) is 0 Å². The van der Waals surface area contributed by atoms with Crippen LogP contribution in [0, 0.1) is 0 Å². The predicted octanol–water partition coefficient (Wildman–Crippen LogP) is 3.16. The highest BCUT2D eigenvalue weighted by molar-refractivity contribution is 7.89. The molecule has 3 heterocycles. The normalized spacial score (nSPS) is 17.5. The number of benzene rings is 2. The van der Waals surface area contributed by atoms with Gasteiger partial charge in [-0.25, -0.2) is 13.4 Å². The molecular formula is C26H33N5O4S. The Balaban J connectivity index is 1.30. The van der Waals surface area contributed by atoms with Crippen LogP contribution < -0.4 is 14.5 Å². The van der Waals surface area contributed by atoms with Crippen molar-refractivity contribution in [2.45, 2.75) is 24.7 Å². The molecule has 0 amide bonds. The second kappa shape index (κ2) is 11.0. The van der Waals surface area contributed by atoms with Gasteiger partial charge in [0.2, 0.25) is 16.0 Å². The molecule has 3 aromatic rings.